The molecule has 32 heavy (non-hydrogen) atoms. The Morgan fingerprint density at radius 3 is 2.66 bits per heavy atom. The standard InChI is InChI=1S/C24H21N3O2S3/c1-16-7-9-18(10-8-16)13-19-15-25-23(31-19)26-21(28)11-12-27-22(29)20(32-24(27)30)14-17-5-3-2-4-6-17/h2-10,14-15H,11-13H2,1H3,(H,25,26,28)/b20-14-. The van der Waals surface area contributed by atoms with Crippen LogP contribution in [0.4, 0.5) is 5.13 Å². The van der Waals surface area contributed by atoms with Crippen molar-refractivity contribution in [1.82, 2.24) is 9.88 Å². The molecule has 0 unspecified atom stereocenters. The first kappa shape index (κ1) is 22.4. The van der Waals surface area contributed by atoms with Crippen LogP contribution in [0.5, 0.6) is 0 Å². The Morgan fingerprint density at radius 1 is 1.16 bits per heavy atom. The zero-order valence-electron chi connectivity index (χ0n) is 17.4. The Balaban J connectivity index is 1.30. The molecule has 4 rings (SSSR count). The van der Waals surface area contributed by atoms with Gasteiger partial charge in [0, 0.05) is 30.5 Å². The third-order valence-electron chi connectivity index (χ3n) is 4.83. The van der Waals surface area contributed by atoms with Crippen molar-refractivity contribution in [1.29, 1.82) is 0 Å². The maximum Gasteiger partial charge on any atom is 0.266 e. The summed E-state index contributed by atoms with van der Waals surface area (Å²) in [6.45, 7) is 2.30. The monoisotopic (exact) mass is 479 g/mol. The van der Waals surface area contributed by atoms with E-state index in [4.69, 9.17) is 12.2 Å². The van der Waals surface area contributed by atoms with Crippen molar-refractivity contribution in [3.05, 3.63) is 87.3 Å². The lowest BCUT2D eigenvalue weighted by Gasteiger charge is -2.13. The lowest BCUT2D eigenvalue weighted by atomic mass is 10.1. The van der Waals surface area contributed by atoms with Crippen LogP contribution in [0.3, 0.4) is 0 Å². The van der Waals surface area contributed by atoms with Crippen molar-refractivity contribution in [2.24, 2.45) is 0 Å². The second-order valence-corrected chi connectivity index (χ2v) is 10.1. The molecule has 1 aliphatic heterocycles. The van der Waals surface area contributed by atoms with E-state index >= 15 is 0 Å². The molecule has 1 aliphatic rings. The summed E-state index contributed by atoms with van der Waals surface area (Å²) in [4.78, 5) is 32.5. The van der Waals surface area contributed by atoms with Crippen molar-refractivity contribution in [3.8, 4) is 0 Å². The Hall–Kier alpha value is -2.81. The highest BCUT2D eigenvalue weighted by Crippen LogP contribution is 2.32. The zero-order valence-corrected chi connectivity index (χ0v) is 19.9. The normalized spacial score (nSPS) is 14.9. The molecular weight excluding hydrogens is 458 g/mol. The quantitative estimate of drug-likeness (QED) is 0.369. The average Bonchev–Trinajstić information content (AvgIpc) is 3.32. The van der Waals surface area contributed by atoms with Gasteiger partial charge in [-0.2, -0.15) is 0 Å². The molecule has 1 aromatic heterocycles. The van der Waals surface area contributed by atoms with Gasteiger partial charge in [0.25, 0.3) is 5.91 Å². The molecule has 0 spiro atoms. The third-order valence-corrected chi connectivity index (χ3v) is 7.12. The van der Waals surface area contributed by atoms with Crippen molar-refractivity contribution in [3.63, 3.8) is 0 Å². The van der Waals surface area contributed by atoms with E-state index in [9.17, 15) is 9.59 Å². The highest BCUT2D eigenvalue weighted by molar-refractivity contribution is 8.26. The SMILES string of the molecule is Cc1ccc(Cc2cnc(NC(=O)CCN3C(=O)/C(=C/c4ccccc4)SC3=S)s2)cc1. The first-order chi connectivity index (χ1) is 15.5. The molecule has 1 fully saturated rings. The molecular formula is C24H21N3O2S3. The van der Waals surface area contributed by atoms with E-state index < -0.39 is 0 Å². The zero-order chi connectivity index (χ0) is 22.5. The van der Waals surface area contributed by atoms with Gasteiger partial charge in [-0.25, -0.2) is 4.98 Å². The molecule has 2 amide bonds. The van der Waals surface area contributed by atoms with Gasteiger partial charge >= 0.3 is 0 Å². The van der Waals surface area contributed by atoms with Gasteiger partial charge in [-0.1, -0.05) is 84.1 Å². The number of thioether (sulfide) groups is 1. The summed E-state index contributed by atoms with van der Waals surface area (Å²) in [5.41, 5.74) is 3.37. The molecule has 2 aromatic carbocycles. The third kappa shape index (κ3) is 5.70. The number of carbonyl (C=O) groups is 2. The number of amides is 2. The molecule has 0 saturated carbocycles. The minimum Gasteiger partial charge on any atom is -0.302 e. The number of hydrogen-bond acceptors (Lipinski definition) is 6. The fourth-order valence-electron chi connectivity index (χ4n) is 3.14. The van der Waals surface area contributed by atoms with E-state index in [2.05, 4.69) is 41.5 Å². The molecule has 8 heteroatoms. The average molecular weight is 480 g/mol. The molecule has 1 saturated heterocycles. The molecule has 0 atom stereocenters. The summed E-state index contributed by atoms with van der Waals surface area (Å²) in [6.07, 6.45) is 4.54. The summed E-state index contributed by atoms with van der Waals surface area (Å²) >= 11 is 8.07. The second kappa shape index (κ2) is 10.2. The number of anilines is 1. The van der Waals surface area contributed by atoms with Gasteiger partial charge in [-0.15, -0.1) is 11.3 Å². The van der Waals surface area contributed by atoms with Gasteiger partial charge in [-0.05, 0) is 24.1 Å². The number of thiazole rings is 1. The number of hydrogen-bond donors (Lipinski definition) is 1. The fourth-order valence-corrected chi connectivity index (χ4v) is 5.31. The Morgan fingerprint density at radius 2 is 1.91 bits per heavy atom. The molecule has 1 N–H and O–H groups in total. The Bertz CT molecular complexity index is 1170. The highest BCUT2D eigenvalue weighted by atomic mass is 32.2. The van der Waals surface area contributed by atoms with E-state index in [1.54, 1.807) is 6.20 Å². The number of aromatic nitrogens is 1. The predicted octanol–water partition coefficient (Wildman–Crippen LogP) is 5.27. The van der Waals surface area contributed by atoms with E-state index in [1.165, 1.54) is 39.1 Å². The summed E-state index contributed by atoms with van der Waals surface area (Å²) in [7, 11) is 0. The first-order valence-corrected chi connectivity index (χ1v) is 12.1. The molecule has 162 valence electrons. The van der Waals surface area contributed by atoms with Gasteiger partial charge in [0.2, 0.25) is 5.91 Å². The molecule has 3 aromatic rings. The van der Waals surface area contributed by atoms with Crippen LogP contribution in [0.1, 0.15) is 28.0 Å². The van der Waals surface area contributed by atoms with Crippen molar-refractivity contribution in [2.75, 3.05) is 11.9 Å². The van der Waals surface area contributed by atoms with Gasteiger partial charge in [-0.3, -0.25) is 14.5 Å². The summed E-state index contributed by atoms with van der Waals surface area (Å²) < 4.78 is 0.472. The number of thiocarbonyl (C=S) groups is 1. The lowest BCUT2D eigenvalue weighted by Crippen LogP contribution is -2.31. The van der Waals surface area contributed by atoms with Gasteiger partial charge in [0.15, 0.2) is 5.13 Å². The minimum absolute atomic E-state index is 0.151. The number of aryl methyl sites for hydroxylation is 1. The van der Waals surface area contributed by atoms with E-state index in [-0.39, 0.29) is 24.8 Å². The van der Waals surface area contributed by atoms with Crippen LogP contribution in [-0.4, -0.2) is 32.6 Å². The molecule has 2 heterocycles. The predicted molar refractivity (Wildman–Crippen MR) is 136 cm³/mol. The van der Waals surface area contributed by atoms with Crippen LogP contribution < -0.4 is 5.32 Å². The highest BCUT2D eigenvalue weighted by Gasteiger charge is 2.32. The molecule has 5 nitrogen and oxygen atoms in total. The smallest absolute Gasteiger partial charge is 0.266 e. The first-order valence-electron chi connectivity index (χ1n) is 10.1. The maximum atomic E-state index is 12.7. The van der Waals surface area contributed by atoms with Gasteiger partial charge in [0.1, 0.15) is 4.32 Å². The van der Waals surface area contributed by atoms with Crippen LogP contribution >= 0.6 is 35.3 Å². The number of nitrogens with one attached hydrogen (secondary N) is 1. The van der Waals surface area contributed by atoms with Crippen molar-refractivity contribution < 1.29 is 9.59 Å². The van der Waals surface area contributed by atoms with Crippen LogP contribution in [0.15, 0.2) is 65.7 Å². The largest absolute Gasteiger partial charge is 0.302 e. The number of rotatable bonds is 7. The Kier molecular flexibility index (Phi) is 7.14. The molecule has 0 aliphatic carbocycles. The number of benzene rings is 2. The molecule has 0 radical (unpaired) electrons. The summed E-state index contributed by atoms with van der Waals surface area (Å²) in [5, 5.41) is 3.39. The van der Waals surface area contributed by atoms with Crippen LogP contribution in [0.2, 0.25) is 0 Å². The van der Waals surface area contributed by atoms with Crippen molar-refractivity contribution in [2.45, 2.75) is 19.8 Å². The van der Waals surface area contributed by atoms with Crippen LogP contribution in [0.25, 0.3) is 6.08 Å². The van der Waals surface area contributed by atoms with Crippen LogP contribution in [0, 0.1) is 6.92 Å². The van der Waals surface area contributed by atoms with E-state index in [0.717, 1.165) is 16.9 Å². The van der Waals surface area contributed by atoms with E-state index in [1.807, 2.05) is 36.4 Å². The maximum absolute atomic E-state index is 12.7. The van der Waals surface area contributed by atoms with Crippen molar-refractivity contribution >= 4 is 62.7 Å². The minimum atomic E-state index is -0.192. The number of carbonyl (C=O) groups excluding carboxylic acids is 2. The lowest BCUT2D eigenvalue weighted by molar-refractivity contribution is -0.122. The molecule has 0 bridgehead atoms. The number of nitrogens with zero attached hydrogens (tertiary/aromatic N) is 2. The van der Waals surface area contributed by atoms with E-state index in [0.29, 0.717) is 14.4 Å². The topological polar surface area (TPSA) is 62.3 Å². The Labute approximate surface area is 200 Å². The van der Waals surface area contributed by atoms with Gasteiger partial charge < -0.3 is 5.32 Å². The second-order valence-electron chi connectivity index (χ2n) is 7.34. The summed E-state index contributed by atoms with van der Waals surface area (Å²) in [6, 6.07) is 18.0. The summed E-state index contributed by atoms with van der Waals surface area (Å²) in [5.74, 6) is -0.353. The van der Waals surface area contributed by atoms with Crippen LogP contribution in [-0.2, 0) is 16.0 Å². The van der Waals surface area contributed by atoms with Gasteiger partial charge in [0.05, 0.1) is 4.91 Å². The fraction of sp³-hybridized carbons (Fsp3) is 0.167.